The topological polar surface area (TPSA) is 40.5 Å². The van der Waals surface area contributed by atoms with Gasteiger partial charge in [0.1, 0.15) is 6.67 Å². The van der Waals surface area contributed by atoms with E-state index in [4.69, 9.17) is 5.11 Å². The number of carbonyl (C=O) groups is 1. The summed E-state index contributed by atoms with van der Waals surface area (Å²) in [5.74, 6) is -0.983. The minimum atomic E-state index is -1.11. The molecule has 0 aromatic carbocycles. The molecule has 0 aromatic heterocycles. The Balaban J connectivity index is 2.59. The minimum Gasteiger partial charge on any atom is -0.481 e. The molecular formula is C10H18FNO2. The summed E-state index contributed by atoms with van der Waals surface area (Å²) in [6.07, 6.45) is 0.855. The lowest BCUT2D eigenvalue weighted by Gasteiger charge is -2.39. The van der Waals surface area contributed by atoms with Crippen LogP contribution in [0.5, 0.6) is 0 Å². The smallest absolute Gasteiger partial charge is 0.312 e. The average Bonchev–Trinajstić information content (AvgIpc) is 2.17. The van der Waals surface area contributed by atoms with Gasteiger partial charge in [-0.05, 0) is 39.8 Å². The molecule has 82 valence electrons. The van der Waals surface area contributed by atoms with E-state index in [9.17, 15) is 9.18 Å². The van der Waals surface area contributed by atoms with Gasteiger partial charge in [-0.15, -0.1) is 0 Å². The zero-order valence-electron chi connectivity index (χ0n) is 8.79. The van der Waals surface area contributed by atoms with Crippen molar-refractivity contribution in [1.82, 2.24) is 4.90 Å². The van der Waals surface area contributed by atoms with E-state index in [0.717, 1.165) is 0 Å². The van der Waals surface area contributed by atoms with Crippen LogP contribution in [-0.4, -0.2) is 41.8 Å². The molecule has 1 rings (SSSR count). The van der Waals surface area contributed by atoms with Crippen molar-refractivity contribution in [3.05, 3.63) is 0 Å². The van der Waals surface area contributed by atoms with E-state index in [2.05, 4.69) is 18.7 Å². The SMILES string of the molecule is CC(C)N1CCC(CF)(C(=O)O)CC1. The third-order valence-electron chi connectivity index (χ3n) is 3.19. The van der Waals surface area contributed by atoms with Gasteiger partial charge in [0.25, 0.3) is 0 Å². The van der Waals surface area contributed by atoms with Gasteiger partial charge in [-0.1, -0.05) is 0 Å². The van der Waals surface area contributed by atoms with Crippen molar-refractivity contribution in [2.75, 3.05) is 19.8 Å². The number of carboxylic acid groups (broad SMARTS) is 1. The fourth-order valence-corrected chi connectivity index (χ4v) is 1.87. The summed E-state index contributed by atoms with van der Waals surface area (Å²) in [5.41, 5.74) is -1.11. The van der Waals surface area contributed by atoms with Crippen LogP contribution in [0.4, 0.5) is 4.39 Å². The molecule has 1 saturated heterocycles. The monoisotopic (exact) mass is 203 g/mol. The lowest BCUT2D eigenvalue weighted by Crippen LogP contribution is -2.47. The number of halogens is 1. The van der Waals surface area contributed by atoms with Crippen molar-refractivity contribution in [1.29, 1.82) is 0 Å². The molecule has 0 bridgehead atoms. The van der Waals surface area contributed by atoms with E-state index in [1.54, 1.807) is 0 Å². The number of rotatable bonds is 3. The Morgan fingerprint density at radius 1 is 1.50 bits per heavy atom. The van der Waals surface area contributed by atoms with Crippen LogP contribution in [0.25, 0.3) is 0 Å². The highest BCUT2D eigenvalue weighted by Gasteiger charge is 2.41. The van der Waals surface area contributed by atoms with Gasteiger partial charge in [0.15, 0.2) is 0 Å². The molecule has 3 nitrogen and oxygen atoms in total. The van der Waals surface area contributed by atoms with Crippen LogP contribution in [0, 0.1) is 5.41 Å². The van der Waals surface area contributed by atoms with Crippen LogP contribution in [0.2, 0.25) is 0 Å². The lowest BCUT2D eigenvalue weighted by molar-refractivity contribution is -0.153. The largest absolute Gasteiger partial charge is 0.481 e. The molecule has 0 aliphatic carbocycles. The maximum Gasteiger partial charge on any atom is 0.312 e. The standard InChI is InChI=1S/C10H18FNO2/c1-8(2)12-5-3-10(7-11,4-6-12)9(13)14/h8H,3-7H2,1-2H3,(H,13,14). The Hall–Kier alpha value is -0.640. The van der Waals surface area contributed by atoms with Gasteiger partial charge in [-0.25, -0.2) is 4.39 Å². The molecule has 0 unspecified atom stereocenters. The van der Waals surface area contributed by atoms with E-state index in [-0.39, 0.29) is 0 Å². The zero-order chi connectivity index (χ0) is 10.8. The maximum absolute atomic E-state index is 12.7. The number of alkyl halides is 1. The Morgan fingerprint density at radius 2 is 2.00 bits per heavy atom. The lowest BCUT2D eigenvalue weighted by atomic mass is 9.79. The maximum atomic E-state index is 12.7. The molecule has 0 spiro atoms. The third kappa shape index (κ3) is 2.05. The van der Waals surface area contributed by atoms with Crippen molar-refractivity contribution >= 4 is 5.97 Å². The van der Waals surface area contributed by atoms with E-state index in [1.165, 1.54) is 0 Å². The fraction of sp³-hybridized carbons (Fsp3) is 0.900. The van der Waals surface area contributed by atoms with Gasteiger partial charge < -0.3 is 10.0 Å². The van der Waals surface area contributed by atoms with Crippen molar-refractivity contribution in [3.8, 4) is 0 Å². The van der Waals surface area contributed by atoms with E-state index >= 15 is 0 Å². The molecule has 1 aliphatic rings. The Bertz CT molecular complexity index is 210. The highest BCUT2D eigenvalue weighted by Crippen LogP contribution is 2.32. The first-order valence-electron chi connectivity index (χ1n) is 5.05. The summed E-state index contributed by atoms with van der Waals surface area (Å²) in [7, 11) is 0. The van der Waals surface area contributed by atoms with E-state index < -0.39 is 18.1 Å². The summed E-state index contributed by atoms with van der Waals surface area (Å²) >= 11 is 0. The average molecular weight is 203 g/mol. The van der Waals surface area contributed by atoms with Crippen LogP contribution in [0.3, 0.4) is 0 Å². The van der Waals surface area contributed by atoms with Crippen LogP contribution in [0.15, 0.2) is 0 Å². The summed E-state index contributed by atoms with van der Waals surface area (Å²) in [5, 5.41) is 8.96. The second-order valence-corrected chi connectivity index (χ2v) is 4.35. The summed E-state index contributed by atoms with van der Waals surface area (Å²) in [6, 6.07) is 0.418. The fourth-order valence-electron chi connectivity index (χ4n) is 1.87. The first kappa shape index (κ1) is 11.4. The zero-order valence-corrected chi connectivity index (χ0v) is 8.79. The number of piperidine rings is 1. The van der Waals surface area contributed by atoms with Gasteiger partial charge in [0, 0.05) is 6.04 Å². The summed E-state index contributed by atoms with van der Waals surface area (Å²) in [4.78, 5) is 13.1. The third-order valence-corrected chi connectivity index (χ3v) is 3.19. The van der Waals surface area contributed by atoms with Crippen LogP contribution >= 0.6 is 0 Å². The minimum absolute atomic E-state index is 0.418. The van der Waals surface area contributed by atoms with E-state index in [0.29, 0.717) is 32.0 Å². The summed E-state index contributed by atoms with van der Waals surface area (Å²) in [6.45, 7) is 4.78. The number of hydrogen-bond donors (Lipinski definition) is 1. The molecule has 0 atom stereocenters. The first-order chi connectivity index (χ1) is 6.52. The highest BCUT2D eigenvalue weighted by atomic mass is 19.1. The van der Waals surface area contributed by atoms with Crippen molar-refractivity contribution in [3.63, 3.8) is 0 Å². The predicted octanol–water partition coefficient (Wildman–Crippen LogP) is 1.53. The number of carboxylic acids is 1. The molecule has 0 amide bonds. The summed E-state index contributed by atoms with van der Waals surface area (Å²) < 4.78 is 12.7. The second kappa shape index (κ2) is 4.26. The quantitative estimate of drug-likeness (QED) is 0.756. The molecule has 1 fully saturated rings. The molecule has 1 heterocycles. The van der Waals surface area contributed by atoms with Crippen molar-refractivity contribution in [2.45, 2.75) is 32.7 Å². The van der Waals surface area contributed by atoms with Crippen LogP contribution < -0.4 is 0 Å². The highest BCUT2D eigenvalue weighted by molar-refractivity contribution is 5.75. The number of likely N-dealkylation sites (tertiary alicyclic amines) is 1. The molecule has 0 radical (unpaired) electrons. The number of nitrogens with zero attached hydrogens (tertiary/aromatic N) is 1. The number of aliphatic carboxylic acids is 1. The molecule has 1 aliphatic heterocycles. The molecular weight excluding hydrogens is 185 g/mol. The van der Waals surface area contributed by atoms with Gasteiger partial charge in [0.05, 0.1) is 5.41 Å². The Kier molecular flexibility index (Phi) is 3.48. The molecule has 14 heavy (non-hydrogen) atoms. The molecule has 4 heteroatoms. The molecule has 0 aromatic rings. The predicted molar refractivity (Wildman–Crippen MR) is 52.0 cm³/mol. The van der Waals surface area contributed by atoms with Gasteiger partial charge in [-0.3, -0.25) is 4.79 Å². The van der Waals surface area contributed by atoms with Gasteiger partial charge in [0.2, 0.25) is 0 Å². The van der Waals surface area contributed by atoms with E-state index in [1.807, 2.05) is 0 Å². The normalized spacial score (nSPS) is 22.6. The number of hydrogen-bond acceptors (Lipinski definition) is 2. The van der Waals surface area contributed by atoms with Crippen molar-refractivity contribution in [2.24, 2.45) is 5.41 Å². The Labute approximate surface area is 83.9 Å². The molecule has 0 saturated carbocycles. The van der Waals surface area contributed by atoms with Gasteiger partial charge in [-0.2, -0.15) is 0 Å². The van der Waals surface area contributed by atoms with Gasteiger partial charge >= 0.3 is 5.97 Å². The van der Waals surface area contributed by atoms with Crippen LogP contribution in [-0.2, 0) is 4.79 Å². The Morgan fingerprint density at radius 3 is 2.29 bits per heavy atom. The second-order valence-electron chi connectivity index (χ2n) is 4.35. The van der Waals surface area contributed by atoms with Crippen LogP contribution in [0.1, 0.15) is 26.7 Å². The molecule has 1 N–H and O–H groups in total. The van der Waals surface area contributed by atoms with Crippen molar-refractivity contribution < 1.29 is 14.3 Å². The first-order valence-corrected chi connectivity index (χ1v) is 5.05.